The van der Waals surface area contributed by atoms with Crippen molar-refractivity contribution in [3.8, 4) is 5.75 Å². The topological polar surface area (TPSA) is 32.3 Å². The number of hydrogen-bond donors (Lipinski definition) is 2. The van der Waals surface area contributed by atoms with Crippen LogP contribution in [0.2, 0.25) is 0 Å². The summed E-state index contributed by atoms with van der Waals surface area (Å²) in [5, 5.41) is 8.80. The molecule has 0 saturated heterocycles. The first kappa shape index (κ1) is 7.21. The van der Waals surface area contributed by atoms with Crippen LogP contribution in [0, 0.1) is 0 Å². The number of nitrogens with one attached hydrogen (secondary N) is 1. The van der Waals surface area contributed by atoms with Crippen molar-refractivity contribution in [2.75, 3.05) is 4.72 Å². The first-order valence-corrected chi connectivity index (χ1v) is 3.37. The average molecular weight is 159 g/mol. The lowest BCUT2D eigenvalue weighted by molar-refractivity contribution is 0.475. The molecule has 0 aromatic heterocycles. The number of anilines is 1. The van der Waals surface area contributed by atoms with Crippen molar-refractivity contribution in [2.24, 2.45) is 0 Å². The van der Waals surface area contributed by atoms with E-state index >= 15 is 0 Å². The van der Waals surface area contributed by atoms with Crippen LogP contribution >= 0.6 is 12.3 Å². The van der Waals surface area contributed by atoms with Crippen molar-refractivity contribution in [1.82, 2.24) is 0 Å². The van der Waals surface area contributed by atoms with E-state index in [1.54, 1.807) is 12.1 Å². The largest absolute Gasteiger partial charge is 0.508 e. The van der Waals surface area contributed by atoms with Crippen LogP contribution in [0.15, 0.2) is 24.3 Å². The highest BCUT2D eigenvalue weighted by Gasteiger charge is 1.89. The number of hydrogen-bond acceptors (Lipinski definition) is 3. The minimum Gasteiger partial charge on any atom is -0.508 e. The molecule has 54 valence electrons. The maximum atomic E-state index is 11.5. The van der Waals surface area contributed by atoms with E-state index in [-0.39, 0.29) is 18.1 Å². The number of phenols is 1. The van der Waals surface area contributed by atoms with Crippen LogP contribution in [0.4, 0.5) is 9.57 Å². The van der Waals surface area contributed by atoms with Crippen molar-refractivity contribution < 1.29 is 8.99 Å². The van der Waals surface area contributed by atoms with Crippen LogP contribution in [0.25, 0.3) is 0 Å². The van der Waals surface area contributed by atoms with Gasteiger partial charge in [-0.25, -0.2) is 0 Å². The minimum absolute atomic E-state index is 0.0289. The summed E-state index contributed by atoms with van der Waals surface area (Å²) in [5.74, 6) is 0.175. The molecule has 4 heteroatoms. The summed E-state index contributed by atoms with van der Waals surface area (Å²) >= 11 is 0.0289. The zero-order valence-electron chi connectivity index (χ0n) is 5.04. The Morgan fingerprint density at radius 3 is 2.40 bits per heavy atom. The molecule has 0 aliphatic carbocycles. The lowest BCUT2D eigenvalue weighted by Crippen LogP contribution is -1.79. The van der Waals surface area contributed by atoms with E-state index in [1.807, 2.05) is 0 Å². The van der Waals surface area contributed by atoms with Crippen molar-refractivity contribution in [2.45, 2.75) is 0 Å². The third-order valence-electron chi connectivity index (χ3n) is 1.02. The molecular weight excluding hydrogens is 153 g/mol. The predicted molar refractivity (Wildman–Crippen MR) is 40.4 cm³/mol. The van der Waals surface area contributed by atoms with E-state index in [2.05, 4.69) is 4.72 Å². The Kier molecular flexibility index (Phi) is 2.39. The van der Waals surface area contributed by atoms with Gasteiger partial charge in [0.1, 0.15) is 5.75 Å². The summed E-state index contributed by atoms with van der Waals surface area (Å²) < 4.78 is 13.9. The SMILES string of the molecule is Oc1ccc(NSF)cc1. The van der Waals surface area contributed by atoms with E-state index in [1.165, 1.54) is 12.1 Å². The third kappa shape index (κ3) is 1.80. The Balaban J connectivity index is 2.69. The normalized spacial score (nSPS) is 9.30. The van der Waals surface area contributed by atoms with Gasteiger partial charge < -0.3 is 9.83 Å². The Bertz CT molecular complexity index is 201. The summed E-state index contributed by atoms with van der Waals surface area (Å²) in [6, 6.07) is 6.14. The Morgan fingerprint density at radius 2 is 1.90 bits per heavy atom. The summed E-state index contributed by atoms with van der Waals surface area (Å²) in [7, 11) is 0. The molecule has 1 aromatic carbocycles. The molecule has 0 heterocycles. The van der Waals surface area contributed by atoms with Gasteiger partial charge in [-0.2, -0.15) is 0 Å². The maximum absolute atomic E-state index is 11.5. The second-order valence-corrected chi connectivity index (χ2v) is 2.08. The molecule has 0 amide bonds. The van der Waals surface area contributed by atoms with Gasteiger partial charge in [0, 0.05) is 5.69 Å². The van der Waals surface area contributed by atoms with Gasteiger partial charge in [0.05, 0.1) is 0 Å². The standard InChI is InChI=1S/C6H6FNOS/c7-10-8-5-1-3-6(9)4-2-5/h1-4,8-9H. The van der Waals surface area contributed by atoms with Gasteiger partial charge in [0.25, 0.3) is 0 Å². The fourth-order valence-corrected chi connectivity index (χ4v) is 0.799. The Labute approximate surface area is 62.5 Å². The number of aromatic hydroxyl groups is 1. The second-order valence-electron chi connectivity index (χ2n) is 1.73. The van der Waals surface area contributed by atoms with E-state index in [0.29, 0.717) is 5.69 Å². The van der Waals surface area contributed by atoms with Gasteiger partial charge in [-0.3, -0.25) is 0 Å². The molecule has 10 heavy (non-hydrogen) atoms. The van der Waals surface area contributed by atoms with Crippen molar-refractivity contribution >= 4 is 18.0 Å². The average Bonchev–Trinajstić information content (AvgIpc) is 1.95. The highest BCUT2D eigenvalue weighted by atomic mass is 32.2. The van der Waals surface area contributed by atoms with E-state index < -0.39 is 0 Å². The first-order chi connectivity index (χ1) is 4.83. The van der Waals surface area contributed by atoms with Gasteiger partial charge in [-0.15, -0.1) is 3.89 Å². The lowest BCUT2D eigenvalue weighted by Gasteiger charge is -1.97. The maximum Gasteiger partial charge on any atom is 0.162 e. The molecule has 1 aromatic rings. The first-order valence-electron chi connectivity index (χ1n) is 2.65. The molecule has 2 nitrogen and oxygen atoms in total. The summed E-state index contributed by atoms with van der Waals surface area (Å²) in [6.45, 7) is 0. The molecule has 0 saturated carbocycles. The molecule has 0 aliphatic heterocycles. The number of phenolic OH excluding ortho intramolecular Hbond substituents is 1. The molecular formula is C6H6FNOS. The number of rotatable bonds is 2. The quantitative estimate of drug-likeness (QED) is 0.513. The summed E-state index contributed by atoms with van der Waals surface area (Å²) in [6.07, 6.45) is 0. The molecule has 0 bridgehead atoms. The Morgan fingerprint density at radius 1 is 1.30 bits per heavy atom. The van der Waals surface area contributed by atoms with Gasteiger partial charge in [0.2, 0.25) is 0 Å². The van der Waals surface area contributed by atoms with Crippen LogP contribution < -0.4 is 4.72 Å². The fourth-order valence-electron chi connectivity index (χ4n) is 0.574. The van der Waals surface area contributed by atoms with Gasteiger partial charge >= 0.3 is 0 Å². The van der Waals surface area contributed by atoms with Crippen LogP contribution in [-0.2, 0) is 0 Å². The van der Waals surface area contributed by atoms with Gasteiger partial charge in [-0.1, -0.05) is 0 Å². The van der Waals surface area contributed by atoms with Crippen LogP contribution in [-0.4, -0.2) is 5.11 Å². The second kappa shape index (κ2) is 3.31. The molecule has 0 radical (unpaired) electrons. The summed E-state index contributed by atoms with van der Waals surface area (Å²) in [5.41, 5.74) is 0.630. The minimum atomic E-state index is 0.0289. The highest BCUT2D eigenvalue weighted by Crippen LogP contribution is 2.16. The zero-order chi connectivity index (χ0) is 7.40. The van der Waals surface area contributed by atoms with Gasteiger partial charge in [0.15, 0.2) is 12.3 Å². The molecule has 0 aliphatic rings. The van der Waals surface area contributed by atoms with E-state index in [9.17, 15) is 3.89 Å². The Hall–Kier alpha value is -0.900. The van der Waals surface area contributed by atoms with Crippen LogP contribution in [0.5, 0.6) is 5.75 Å². The molecule has 2 N–H and O–H groups in total. The van der Waals surface area contributed by atoms with E-state index in [4.69, 9.17) is 5.11 Å². The van der Waals surface area contributed by atoms with E-state index in [0.717, 1.165) is 0 Å². The summed E-state index contributed by atoms with van der Waals surface area (Å²) in [4.78, 5) is 0. The molecule has 0 fully saturated rings. The van der Waals surface area contributed by atoms with Crippen molar-refractivity contribution in [3.63, 3.8) is 0 Å². The smallest absolute Gasteiger partial charge is 0.162 e. The van der Waals surface area contributed by atoms with Crippen molar-refractivity contribution in [1.29, 1.82) is 0 Å². The van der Waals surface area contributed by atoms with Crippen LogP contribution in [0.1, 0.15) is 0 Å². The van der Waals surface area contributed by atoms with Gasteiger partial charge in [-0.05, 0) is 24.3 Å². The molecule has 0 spiro atoms. The highest BCUT2D eigenvalue weighted by molar-refractivity contribution is 7.95. The monoisotopic (exact) mass is 159 g/mol. The lowest BCUT2D eigenvalue weighted by atomic mass is 10.3. The van der Waals surface area contributed by atoms with Crippen molar-refractivity contribution in [3.05, 3.63) is 24.3 Å². The fraction of sp³-hybridized carbons (Fsp3) is 0. The predicted octanol–water partition coefficient (Wildman–Crippen LogP) is 2.34. The third-order valence-corrected chi connectivity index (χ3v) is 1.34. The van der Waals surface area contributed by atoms with Crippen LogP contribution in [0.3, 0.4) is 0 Å². The molecule has 1 rings (SSSR count). The molecule has 0 atom stereocenters. The molecule has 0 unspecified atom stereocenters. The zero-order valence-corrected chi connectivity index (χ0v) is 5.86. The number of benzene rings is 1. The number of halogens is 1.